The first-order valence-electron chi connectivity index (χ1n) is 8.54. The van der Waals surface area contributed by atoms with E-state index in [4.69, 9.17) is 0 Å². The third kappa shape index (κ3) is 3.38. The molecule has 1 aromatic heterocycles. The van der Waals surface area contributed by atoms with E-state index in [1.165, 1.54) is 6.33 Å². The normalized spacial score (nSPS) is 15.9. The van der Waals surface area contributed by atoms with E-state index in [-0.39, 0.29) is 11.9 Å². The van der Waals surface area contributed by atoms with Gasteiger partial charge in [0, 0.05) is 15.9 Å². The van der Waals surface area contributed by atoms with Crippen molar-refractivity contribution in [2.45, 2.75) is 19.9 Å². The molecule has 4 rings (SSSR count). The molecule has 2 N–H and O–H groups in total. The van der Waals surface area contributed by atoms with Crippen molar-refractivity contribution in [2.24, 2.45) is 0 Å². The Morgan fingerprint density at radius 2 is 1.81 bits per heavy atom. The molecular weight excluding hydrogens is 406 g/mol. The number of aromatic nitrogens is 3. The molecule has 136 valence electrons. The molecule has 1 atom stereocenters. The fraction of sp³-hybridized carbons (Fsp3) is 0.150. The lowest BCUT2D eigenvalue weighted by Crippen LogP contribution is -2.31. The molecule has 7 heteroatoms. The van der Waals surface area contributed by atoms with E-state index in [9.17, 15) is 4.79 Å². The third-order valence-corrected chi connectivity index (χ3v) is 5.06. The smallest absolute Gasteiger partial charge is 0.255 e. The summed E-state index contributed by atoms with van der Waals surface area (Å²) in [4.78, 5) is 17.4. The Balaban J connectivity index is 1.74. The fourth-order valence-corrected chi connectivity index (χ4v) is 3.44. The van der Waals surface area contributed by atoms with Crippen LogP contribution in [0.4, 0.5) is 11.6 Å². The van der Waals surface area contributed by atoms with Crippen LogP contribution in [0.1, 0.15) is 24.1 Å². The van der Waals surface area contributed by atoms with E-state index >= 15 is 0 Å². The zero-order valence-corrected chi connectivity index (χ0v) is 16.5. The number of rotatable bonds is 3. The summed E-state index contributed by atoms with van der Waals surface area (Å²) in [6.07, 6.45) is 1.49. The topological polar surface area (TPSA) is 71.8 Å². The van der Waals surface area contributed by atoms with E-state index in [0.29, 0.717) is 11.5 Å². The SMILES string of the molecule is CC1=C(C(=O)Nc2ccc(C)cc2)C(c2ccc(Br)cc2)n2ncnc2N1. The molecule has 2 heterocycles. The van der Waals surface area contributed by atoms with Gasteiger partial charge in [0.15, 0.2) is 0 Å². The van der Waals surface area contributed by atoms with Crippen LogP contribution in [0.15, 0.2) is 70.6 Å². The first-order valence-corrected chi connectivity index (χ1v) is 9.33. The predicted molar refractivity (Wildman–Crippen MR) is 108 cm³/mol. The van der Waals surface area contributed by atoms with Gasteiger partial charge < -0.3 is 10.6 Å². The van der Waals surface area contributed by atoms with Crippen LogP contribution in [0.5, 0.6) is 0 Å². The number of nitrogens with zero attached hydrogens (tertiary/aromatic N) is 3. The van der Waals surface area contributed by atoms with Gasteiger partial charge in [-0.2, -0.15) is 10.1 Å². The third-order valence-electron chi connectivity index (χ3n) is 4.53. The molecule has 1 aliphatic rings. The summed E-state index contributed by atoms with van der Waals surface area (Å²) in [6, 6.07) is 15.3. The maximum atomic E-state index is 13.2. The van der Waals surface area contributed by atoms with Crippen LogP contribution in [0, 0.1) is 6.92 Å². The second kappa shape index (κ2) is 7.00. The first-order chi connectivity index (χ1) is 13.0. The number of amides is 1. The quantitative estimate of drug-likeness (QED) is 0.659. The maximum Gasteiger partial charge on any atom is 0.255 e. The molecule has 0 aliphatic carbocycles. The molecule has 2 aromatic carbocycles. The number of allylic oxidation sites excluding steroid dienone is 1. The van der Waals surface area contributed by atoms with E-state index in [1.54, 1.807) is 4.68 Å². The molecular formula is C20H18BrN5O. The molecule has 6 nitrogen and oxygen atoms in total. The van der Waals surface area contributed by atoms with E-state index < -0.39 is 0 Å². The number of halogens is 1. The van der Waals surface area contributed by atoms with Gasteiger partial charge >= 0.3 is 0 Å². The average molecular weight is 424 g/mol. The lowest BCUT2D eigenvalue weighted by molar-refractivity contribution is -0.113. The first kappa shape index (κ1) is 17.5. The largest absolute Gasteiger partial charge is 0.328 e. The van der Waals surface area contributed by atoms with Crippen molar-refractivity contribution < 1.29 is 4.79 Å². The average Bonchev–Trinajstić information content (AvgIpc) is 3.11. The zero-order chi connectivity index (χ0) is 19.0. The molecule has 1 unspecified atom stereocenters. The van der Waals surface area contributed by atoms with Crippen LogP contribution in [0.25, 0.3) is 0 Å². The summed E-state index contributed by atoms with van der Waals surface area (Å²) < 4.78 is 2.71. The minimum absolute atomic E-state index is 0.169. The maximum absolute atomic E-state index is 13.2. The molecule has 0 fully saturated rings. The van der Waals surface area contributed by atoms with Crippen molar-refractivity contribution >= 4 is 33.5 Å². The number of nitrogens with one attached hydrogen (secondary N) is 2. The lowest BCUT2D eigenvalue weighted by Gasteiger charge is -2.28. The number of anilines is 2. The van der Waals surface area contributed by atoms with Crippen LogP contribution in [-0.4, -0.2) is 20.7 Å². The van der Waals surface area contributed by atoms with Gasteiger partial charge in [-0.3, -0.25) is 4.79 Å². The van der Waals surface area contributed by atoms with Crippen molar-refractivity contribution in [2.75, 3.05) is 10.6 Å². The highest BCUT2D eigenvalue weighted by molar-refractivity contribution is 9.10. The predicted octanol–water partition coefficient (Wildman–Crippen LogP) is 4.28. The van der Waals surface area contributed by atoms with Gasteiger partial charge in [-0.1, -0.05) is 45.8 Å². The molecule has 1 amide bonds. The Morgan fingerprint density at radius 1 is 1.11 bits per heavy atom. The Bertz CT molecular complexity index is 1020. The van der Waals surface area contributed by atoms with E-state index in [0.717, 1.165) is 27.0 Å². The molecule has 0 bridgehead atoms. The Labute approximate surface area is 165 Å². The number of carbonyl (C=O) groups is 1. The Hall–Kier alpha value is -2.93. The highest BCUT2D eigenvalue weighted by Gasteiger charge is 2.33. The summed E-state index contributed by atoms with van der Waals surface area (Å²) in [5, 5.41) is 10.5. The summed E-state index contributed by atoms with van der Waals surface area (Å²) in [7, 11) is 0. The molecule has 0 radical (unpaired) electrons. The molecule has 3 aromatic rings. The van der Waals surface area contributed by atoms with Gasteiger partial charge in [-0.25, -0.2) is 4.68 Å². The van der Waals surface area contributed by atoms with Gasteiger partial charge in [-0.05, 0) is 43.7 Å². The van der Waals surface area contributed by atoms with Crippen molar-refractivity contribution in [3.63, 3.8) is 0 Å². The second-order valence-electron chi connectivity index (χ2n) is 6.47. The summed E-state index contributed by atoms with van der Waals surface area (Å²) in [5.41, 5.74) is 4.22. The zero-order valence-electron chi connectivity index (χ0n) is 14.9. The highest BCUT2D eigenvalue weighted by atomic mass is 79.9. The van der Waals surface area contributed by atoms with Crippen molar-refractivity contribution in [1.82, 2.24) is 14.8 Å². The number of fused-ring (bicyclic) bond motifs is 1. The van der Waals surface area contributed by atoms with Gasteiger partial charge in [0.1, 0.15) is 12.4 Å². The molecule has 0 saturated carbocycles. The van der Waals surface area contributed by atoms with Crippen molar-refractivity contribution in [3.05, 3.63) is 81.7 Å². The molecule has 27 heavy (non-hydrogen) atoms. The van der Waals surface area contributed by atoms with Gasteiger partial charge in [0.25, 0.3) is 5.91 Å². The van der Waals surface area contributed by atoms with Gasteiger partial charge in [-0.15, -0.1) is 0 Å². The van der Waals surface area contributed by atoms with Crippen LogP contribution in [0.3, 0.4) is 0 Å². The van der Waals surface area contributed by atoms with Crippen LogP contribution in [0.2, 0.25) is 0 Å². The second-order valence-corrected chi connectivity index (χ2v) is 7.38. The number of hydrogen-bond acceptors (Lipinski definition) is 4. The van der Waals surface area contributed by atoms with E-state index in [1.807, 2.05) is 62.4 Å². The number of benzene rings is 2. The van der Waals surface area contributed by atoms with Crippen molar-refractivity contribution in [1.29, 1.82) is 0 Å². The number of carbonyl (C=O) groups excluding carboxylic acids is 1. The fourth-order valence-electron chi connectivity index (χ4n) is 3.17. The summed E-state index contributed by atoms with van der Waals surface area (Å²) in [5.74, 6) is 0.449. The number of hydrogen-bond donors (Lipinski definition) is 2. The molecule has 1 aliphatic heterocycles. The standard InChI is InChI=1S/C20H18BrN5O/c1-12-3-9-16(10-4-12)25-19(27)17-13(2)24-20-22-11-23-26(20)18(17)14-5-7-15(21)8-6-14/h3-11,18H,1-2H3,(H,25,27)(H,22,23,24). The molecule has 0 spiro atoms. The summed E-state index contributed by atoms with van der Waals surface area (Å²) >= 11 is 3.46. The van der Waals surface area contributed by atoms with Gasteiger partial charge in [0.05, 0.1) is 5.57 Å². The van der Waals surface area contributed by atoms with E-state index in [2.05, 4.69) is 36.6 Å². The Kier molecular flexibility index (Phi) is 4.53. The van der Waals surface area contributed by atoms with Crippen LogP contribution >= 0.6 is 15.9 Å². The summed E-state index contributed by atoms with van der Waals surface area (Å²) in [6.45, 7) is 3.90. The highest BCUT2D eigenvalue weighted by Crippen LogP contribution is 2.35. The number of aryl methyl sites for hydroxylation is 1. The lowest BCUT2D eigenvalue weighted by atomic mass is 9.95. The minimum Gasteiger partial charge on any atom is -0.328 e. The van der Waals surface area contributed by atoms with Gasteiger partial charge in [0.2, 0.25) is 5.95 Å². The van der Waals surface area contributed by atoms with Crippen molar-refractivity contribution in [3.8, 4) is 0 Å². The van der Waals surface area contributed by atoms with Crippen LogP contribution < -0.4 is 10.6 Å². The Morgan fingerprint density at radius 3 is 2.52 bits per heavy atom. The van der Waals surface area contributed by atoms with Crippen LogP contribution in [-0.2, 0) is 4.79 Å². The monoisotopic (exact) mass is 423 g/mol. The minimum atomic E-state index is -0.359. The molecule has 0 saturated heterocycles.